The van der Waals surface area contributed by atoms with Crippen LogP contribution in [0.2, 0.25) is 0 Å². The van der Waals surface area contributed by atoms with Crippen molar-refractivity contribution in [3.8, 4) is 0 Å². The Hall–Kier alpha value is -1.41. The van der Waals surface area contributed by atoms with Crippen LogP contribution < -0.4 is 5.32 Å². The average Bonchev–Trinajstić information content (AvgIpc) is 3.17. The predicted molar refractivity (Wildman–Crippen MR) is 89.9 cm³/mol. The number of hydrogen-bond acceptors (Lipinski definition) is 4. The van der Waals surface area contributed by atoms with Crippen LogP contribution in [-0.2, 0) is 14.8 Å². The third-order valence-electron chi connectivity index (χ3n) is 5.11. The summed E-state index contributed by atoms with van der Waals surface area (Å²) in [6.07, 6.45) is 5.85. The highest BCUT2D eigenvalue weighted by Crippen LogP contribution is 2.27. The molecule has 1 aliphatic carbocycles. The first-order valence-corrected chi connectivity index (χ1v) is 10.2. The zero-order valence-corrected chi connectivity index (χ0v) is 15.2. The summed E-state index contributed by atoms with van der Waals surface area (Å²) in [5, 5.41) is 9.82. The summed E-state index contributed by atoms with van der Waals surface area (Å²) >= 11 is 0. The first kappa shape index (κ1) is 17.4. The van der Waals surface area contributed by atoms with Crippen molar-refractivity contribution < 1.29 is 13.2 Å². The summed E-state index contributed by atoms with van der Waals surface area (Å²) in [6, 6.07) is 0.267. The number of aromatic amines is 1. The predicted octanol–water partition coefficient (Wildman–Crippen LogP) is 1.49. The van der Waals surface area contributed by atoms with Gasteiger partial charge in [-0.2, -0.15) is 9.40 Å². The Morgan fingerprint density at radius 2 is 1.92 bits per heavy atom. The lowest BCUT2D eigenvalue weighted by Crippen LogP contribution is -2.47. The molecule has 1 saturated heterocycles. The minimum atomic E-state index is -3.61. The van der Waals surface area contributed by atoms with Crippen LogP contribution in [0.15, 0.2) is 4.90 Å². The molecule has 0 spiro atoms. The molecule has 24 heavy (non-hydrogen) atoms. The van der Waals surface area contributed by atoms with Crippen LogP contribution >= 0.6 is 0 Å². The van der Waals surface area contributed by atoms with Gasteiger partial charge in [-0.1, -0.05) is 12.8 Å². The summed E-state index contributed by atoms with van der Waals surface area (Å²) in [4.78, 5) is 12.7. The Morgan fingerprint density at radius 3 is 2.54 bits per heavy atom. The van der Waals surface area contributed by atoms with Crippen molar-refractivity contribution in [1.82, 2.24) is 19.8 Å². The second-order valence-electron chi connectivity index (χ2n) is 6.96. The van der Waals surface area contributed by atoms with E-state index in [1.807, 2.05) is 0 Å². The van der Waals surface area contributed by atoms with E-state index in [1.54, 1.807) is 13.8 Å². The van der Waals surface area contributed by atoms with E-state index >= 15 is 0 Å². The van der Waals surface area contributed by atoms with E-state index in [0.29, 0.717) is 24.4 Å². The molecule has 2 fully saturated rings. The van der Waals surface area contributed by atoms with Crippen LogP contribution in [0.3, 0.4) is 0 Å². The van der Waals surface area contributed by atoms with Crippen molar-refractivity contribution in [3.05, 3.63) is 11.4 Å². The molecule has 1 atom stereocenters. The average molecular weight is 354 g/mol. The molecule has 1 aliphatic heterocycles. The van der Waals surface area contributed by atoms with Gasteiger partial charge in [-0.05, 0) is 39.5 Å². The van der Waals surface area contributed by atoms with Gasteiger partial charge in [0.25, 0.3) is 0 Å². The Labute approximate surface area is 143 Å². The van der Waals surface area contributed by atoms with Crippen LogP contribution in [0, 0.1) is 19.8 Å². The fraction of sp³-hybridized carbons (Fsp3) is 0.750. The second kappa shape index (κ2) is 6.84. The summed E-state index contributed by atoms with van der Waals surface area (Å²) in [5.41, 5.74) is 1.02. The van der Waals surface area contributed by atoms with Gasteiger partial charge in [0.05, 0.1) is 17.3 Å². The summed E-state index contributed by atoms with van der Waals surface area (Å²) in [6.45, 7) is 4.11. The quantitative estimate of drug-likeness (QED) is 0.856. The number of aromatic nitrogens is 2. The van der Waals surface area contributed by atoms with E-state index in [0.717, 1.165) is 32.1 Å². The van der Waals surface area contributed by atoms with Crippen LogP contribution in [0.4, 0.5) is 0 Å². The number of nitrogens with zero attached hydrogens (tertiary/aromatic N) is 2. The van der Waals surface area contributed by atoms with Gasteiger partial charge >= 0.3 is 0 Å². The maximum atomic E-state index is 12.9. The molecule has 0 radical (unpaired) electrons. The Bertz CT molecular complexity index is 687. The monoisotopic (exact) mass is 354 g/mol. The summed E-state index contributed by atoms with van der Waals surface area (Å²) < 4.78 is 27.3. The molecule has 2 N–H and O–H groups in total. The molecule has 1 saturated carbocycles. The fourth-order valence-corrected chi connectivity index (χ4v) is 5.67. The highest BCUT2D eigenvalue weighted by Gasteiger charge is 2.36. The number of nitrogens with one attached hydrogen (secondary N) is 2. The van der Waals surface area contributed by atoms with Crippen molar-refractivity contribution in [2.45, 2.75) is 63.3 Å². The molecule has 1 unspecified atom stereocenters. The van der Waals surface area contributed by atoms with E-state index in [2.05, 4.69) is 15.5 Å². The third kappa shape index (κ3) is 3.35. The van der Waals surface area contributed by atoms with E-state index in [9.17, 15) is 13.2 Å². The van der Waals surface area contributed by atoms with Crippen LogP contribution in [0.5, 0.6) is 0 Å². The van der Waals surface area contributed by atoms with Crippen LogP contribution in [0.25, 0.3) is 0 Å². The van der Waals surface area contributed by atoms with E-state index in [-0.39, 0.29) is 29.3 Å². The fourth-order valence-electron chi connectivity index (χ4n) is 3.81. The zero-order chi connectivity index (χ0) is 17.3. The third-order valence-corrected chi connectivity index (χ3v) is 7.24. The molecule has 3 rings (SSSR count). The number of sulfonamides is 1. The molecule has 1 amide bonds. The number of carbonyl (C=O) groups is 1. The molecule has 2 heterocycles. The first-order valence-electron chi connectivity index (χ1n) is 8.71. The van der Waals surface area contributed by atoms with Gasteiger partial charge < -0.3 is 5.32 Å². The molecule has 2 aliphatic rings. The number of aryl methyl sites for hydroxylation is 2. The molecule has 1 aromatic heterocycles. The highest BCUT2D eigenvalue weighted by molar-refractivity contribution is 7.89. The maximum absolute atomic E-state index is 12.9. The molecule has 1 aromatic rings. The topological polar surface area (TPSA) is 95.2 Å². The van der Waals surface area contributed by atoms with Gasteiger partial charge in [-0.3, -0.25) is 9.89 Å². The van der Waals surface area contributed by atoms with Gasteiger partial charge in [0.2, 0.25) is 15.9 Å². The normalized spacial score (nSPS) is 23.5. The molecular weight excluding hydrogens is 328 g/mol. The molecule has 8 heteroatoms. The minimum Gasteiger partial charge on any atom is -0.353 e. The van der Waals surface area contributed by atoms with Crippen molar-refractivity contribution in [1.29, 1.82) is 0 Å². The Kier molecular flexibility index (Phi) is 4.96. The van der Waals surface area contributed by atoms with E-state index in [4.69, 9.17) is 0 Å². The van der Waals surface area contributed by atoms with E-state index in [1.165, 1.54) is 4.31 Å². The molecule has 0 bridgehead atoms. The minimum absolute atomic E-state index is 0.00226. The Balaban J connectivity index is 1.72. The molecule has 134 valence electrons. The lowest BCUT2D eigenvalue weighted by atomic mass is 9.98. The number of rotatable bonds is 4. The number of carbonyl (C=O) groups excluding carboxylic acids is 1. The van der Waals surface area contributed by atoms with Crippen molar-refractivity contribution in [3.63, 3.8) is 0 Å². The summed E-state index contributed by atoms with van der Waals surface area (Å²) in [5.74, 6) is -0.260. The smallest absolute Gasteiger partial charge is 0.246 e. The lowest BCUT2D eigenvalue weighted by molar-refractivity contribution is -0.126. The molecular formula is C16H26N4O3S. The second-order valence-corrected chi connectivity index (χ2v) is 8.83. The van der Waals surface area contributed by atoms with Gasteiger partial charge in [-0.25, -0.2) is 8.42 Å². The van der Waals surface area contributed by atoms with Crippen molar-refractivity contribution in [2.75, 3.05) is 13.1 Å². The summed E-state index contributed by atoms with van der Waals surface area (Å²) in [7, 11) is -3.61. The van der Waals surface area contributed by atoms with Crippen LogP contribution in [-0.4, -0.2) is 48.0 Å². The van der Waals surface area contributed by atoms with Crippen LogP contribution in [0.1, 0.15) is 49.9 Å². The SMILES string of the molecule is Cc1n[nH]c(C)c1S(=O)(=O)N1CCCC(C(=O)NC2CCCC2)C1. The zero-order valence-electron chi connectivity index (χ0n) is 14.3. The van der Waals surface area contributed by atoms with Gasteiger partial charge in [0.1, 0.15) is 4.90 Å². The number of piperidine rings is 1. The van der Waals surface area contributed by atoms with E-state index < -0.39 is 10.0 Å². The highest BCUT2D eigenvalue weighted by atomic mass is 32.2. The standard InChI is InChI=1S/C16H26N4O3S/c1-11-15(12(2)19-18-11)24(22,23)20-9-5-6-13(10-20)16(21)17-14-7-3-4-8-14/h13-14H,3-10H2,1-2H3,(H,17,21)(H,18,19). The molecule has 7 nitrogen and oxygen atoms in total. The molecule has 0 aromatic carbocycles. The maximum Gasteiger partial charge on any atom is 0.246 e. The van der Waals surface area contributed by atoms with Gasteiger partial charge in [-0.15, -0.1) is 0 Å². The number of hydrogen-bond donors (Lipinski definition) is 2. The number of amides is 1. The lowest BCUT2D eigenvalue weighted by Gasteiger charge is -2.31. The Morgan fingerprint density at radius 1 is 1.21 bits per heavy atom. The van der Waals surface area contributed by atoms with Crippen molar-refractivity contribution in [2.24, 2.45) is 5.92 Å². The van der Waals surface area contributed by atoms with Gasteiger partial charge in [0, 0.05) is 19.1 Å². The van der Waals surface area contributed by atoms with Crippen molar-refractivity contribution >= 4 is 15.9 Å². The largest absolute Gasteiger partial charge is 0.353 e. The number of H-pyrrole nitrogens is 1. The van der Waals surface area contributed by atoms with Gasteiger partial charge in [0.15, 0.2) is 0 Å². The first-order chi connectivity index (χ1) is 11.4.